The number of carboxylic acids is 1. The molecule has 3 heterocycles. The molecule has 9 heteroatoms. The van der Waals surface area contributed by atoms with Crippen LogP contribution in [0.3, 0.4) is 0 Å². The third-order valence-electron chi connectivity index (χ3n) is 4.36. The van der Waals surface area contributed by atoms with Crippen LogP contribution in [0.1, 0.15) is 31.3 Å². The second kappa shape index (κ2) is 8.88. The van der Waals surface area contributed by atoms with Crippen molar-refractivity contribution in [1.29, 1.82) is 0 Å². The number of carbonyl (C=O) groups is 1. The molecular weight excluding hydrogens is 355 g/mol. The minimum atomic E-state index is -5.08. The van der Waals surface area contributed by atoms with Crippen molar-refractivity contribution in [2.24, 2.45) is 0 Å². The molecule has 3 atom stereocenters. The Morgan fingerprint density at radius 3 is 2.65 bits per heavy atom. The normalized spacial score (nSPS) is 26.1. The number of halogens is 3. The van der Waals surface area contributed by atoms with Crippen LogP contribution in [0.15, 0.2) is 16.5 Å². The Bertz CT molecular complexity index is 589. The molecule has 2 saturated heterocycles. The molecule has 0 radical (unpaired) electrons. The van der Waals surface area contributed by atoms with Gasteiger partial charge in [0.25, 0.3) is 0 Å². The summed E-state index contributed by atoms with van der Waals surface area (Å²) in [6.45, 7) is 7.48. The zero-order valence-corrected chi connectivity index (χ0v) is 14.8. The van der Waals surface area contributed by atoms with E-state index in [1.165, 1.54) is 6.42 Å². The quantitative estimate of drug-likeness (QED) is 0.867. The highest BCUT2D eigenvalue weighted by Crippen LogP contribution is 2.32. The van der Waals surface area contributed by atoms with Crippen molar-refractivity contribution in [3.63, 3.8) is 0 Å². The summed E-state index contributed by atoms with van der Waals surface area (Å²) in [6.07, 6.45) is -2.28. The maximum atomic E-state index is 10.6. The lowest BCUT2D eigenvalue weighted by Gasteiger charge is -2.31. The molecule has 3 rings (SSSR count). The Balaban J connectivity index is 0.000000298. The molecule has 6 nitrogen and oxygen atoms in total. The van der Waals surface area contributed by atoms with Crippen molar-refractivity contribution in [3.05, 3.63) is 23.7 Å². The van der Waals surface area contributed by atoms with Crippen molar-refractivity contribution in [3.8, 4) is 0 Å². The first-order chi connectivity index (χ1) is 12.2. The lowest BCUT2D eigenvalue weighted by Crippen LogP contribution is -2.41. The Morgan fingerprint density at radius 2 is 2.12 bits per heavy atom. The predicted octanol–water partition coefficient (Wildman–Crippen LogP) is 2.99. The molecule has 0 aromatic carbocycles. The smallest absolute Gasteiger partial charge is 0.475 e. The van der Waals surface area contributed by atoms with Crippen LogP contribution in [0.4, 0.5) is 13.2 Å². The average molecular weight is 379 g/mol. The summed E-state index contributed by atoms with van der Waals surface area (Å²) in [5.74, 6) is -0.738. The van der Waals surface area contributed by atoms with Gasteiger partial charge in [0.05, 0.1) is 12.6 Å². The van der Waals surface area contributed by atoms with Crippen LogP contribution >= 0.6 is 0 Å². The number of hydrogen-bond donors (Lipinski definition) is 1. The summed E-state index contributed by atoms with van der Waals surface area (Å²) in [4.78, 5) is 11.4. The molecule has 1 N–H and O–H groups in total. The zero-order valence-electron chi connectivity index (χ0n) is 14.8. The van der Waals surface area contributed by atoms with E-state index in [1.54, 1.807) is 0 Å². The standard InChI is InChI=1S/C15H23NO3.C2HF3O2/c1-3-17-14-10-16(9-12-7-6-11(2)19-12)13-5-4-8-18-15(13)14;3-2(4,5)1(6)7/h6-7,13-15H,3-5,8-10H2,1-2H3;(H,6,7)/t13-,14+,15+;/m1./s1. The number of nitrogens with zero attached hydrogens (tertiary/aromatic N) is 1. The van der Waals surface area contributed by atoms with Crippen LogP contribution in [0.25, 0.3) is 0 Å². The summed E-state index contributed by atoms with van der Waals surface area (Å²) in [5.41, 5.74) is 0. The molecule has 1 aromatic rings. The van der Waals surface area contributed by atoms with Crippen molar-refractivity contribution in [1.82, 2.24) is 4.90 Å². The van der Waals surface area contributed by atoms with Crippen LogP contribution in [-0.4, -0.2) is 60.2 Å². The number of furan rings is 1. The third-order valence-corrected chi connectivity index (χ3v) is 4.36. The van der Waals surface area contributed by atoms with E-state index in [4.69, 9.17) is 23.8 Å². The Morgan fingerprint density at radius 1 is 1.42 bits per heavy atom. The van der Waals surface area contributed by atoms with Crippen molar-refractivity contribution in [2.75, 3.05) is 19.8 Å². The maximum absolute atomic E-state index is 10.6. The van der Waals surface area contributed by atoms with Gasteiger partial charge in [-0.2, -0.15) is 13.2 Å². The highest BCUT2D eigenvalue weighted by molar-refractivity contribution is 5.73. The molecule has 0 saturated carbocycles. The van der Waals surface area contributed by atoms with E-state index in [9.17, 15) is 13.2 Å². The van der Waals surface area contributed by atoms with Crippen LogP contribution in [-0.2, 0) is 20.8 Å². The van der Waals surface area contributed by atoms with Crippen LogP contribution in [0.2, 0.25) is 0 Å². The largest absolute Gasteiger partial charge is 0.490 e. The number of carboxylic acid groups (broad SMARTS) is 1. The van der Waals surface area contributed by atoms with Crippen molar-refractivity contribution >= 4 is 5.97 Å². The molecule has 2 aliphatic heterocycles. The molecule has 0 amide bonds. The lowest BCUT2D eigenvalue weighted by molar-refractivity contribution is -0.192. The number of fused-ring (bicyclic) bond motifs is 1. The highest BCUT2D eigenvalue weighted by atomic mass is 19.4. The first kappa shape index (κ1) is 20.7. The molecule has 0 bridgehead atoms. The van der Waals surface area contributed by atoms with Gasteiger partial charge < -0.3 is 19.0 Å². The number of likely N-dealkylation sites (tertiary alicyclic amines) is 1. The fourth-order valence-electron chi connectivity index (χ4n) is 3.32. The Kier molecular flexibility index (Phi) is 7.08. The van der Waals surface area contributed by atoms with E-state index in [0.717, 1.165) is 44.2 Å². The van der Waals surface area contributed by atoms with E-state index in [2.05, 4.69) is 17.9 Å². The molecule has 1 aromatic heterocycles. The predicted molar refractivity (Wildman–Crippen MR) is 85.7 cm³/mol. The summed E-state index contributed by atoms with van der Waals surface area (Å²) >= 11 is 0. The second-order valence-electron chi connectivity index (χ2n) is 6.28. The number of rotatable bonds is 4. The van der Waals surface area contributed by atoms with Gasteiger partial charge in [0.1, 0.15) is 17.6 Å². The van der Waals surface area contributed by atoms with Gasteiger partial charge in [0.2, 0.25) is 0 Å². The topological polar surface area (TPSA) is 72.1 Å². The van der Waals surface area contributed by atoms with Gasteiger partial charge >= 0.3 is 12.1 Å². The first-order valence-electron chi connectivity index (χ1n) is 8.55. The molecule has 0 unspecified atom stereocenters. The summed E-state index contributed by atoms with van der Waals surface area (Å²) < 4.78 is 49.2. The van der Waals surface area contributed by atoms with E-state index in [1.807, 2.05) is 13.0 Å². The Labute approximate surface area is 149 Å². The number of ether oxygens (including phenoxy) is 2. The molecule has 0 aliphatic carbocycles. The number of aryl methyl sites for hydroxylation is 1. The van der Waals surface area contributed by atoms with E-state index >= 15 is 0 Å². The number of hydrogen-bond acceptors (Lipinski definition) is 5. The highest BCUT2D eigenvalue weighted by Gasteiger charge is 2.44. The second-order valence-corrected chi connectivity index (χ2v) is 6.28. The average Bonchev–Trinajstić information content (AvgIpc) is 3.13. The van der Waals surface area contributed by atoms with E-state index in [0.29, 0.717) is 6.04 Å². The molecule has 0 spiro atoms. The van der Waals surface area contributed by atoms with Gasteiger partial charge in [-0.25, -0.2) is 4.79 Å². The minimum Gasteiger partial charge on any atom is -0.475 e. The van der Waals surface area contributed by atoms with Crippen molar-refractivity contribution < 1.29 is 37.0 Å². The minimum absolute atomic E-state index is 0.214. The molecular formula is C17H24F3NO5. The SMILES string of the molecule is CCO[C@H]1CN(Cc2ccc(C)o2)[C@@H]2CCCO[C@H]12.O=C(O)C(F)(F)F. The van der Waals surface area contributed by atoms with E-state index in [-0.39, 0.29) is 12.2 Å². The number of alkyl halides is 3. The van der Waals surface area contributed by atoms with Gasteiger partial charge in [-0.1, -0.05) is 0 Å². The van der Waals surface area contributed by atoms with Gasteiger partial charge in [0.15, 0.2) is 0 Å². The zero-order chi connectivity index (χ0) is 19.3. The summed E-state index contributed by atoms with van der Waals surface area (Å²) in [6, 6.07) is 4.58. The summed E-state index contributed by atoms with van der Waals surface area (Å²) in [7, 11) is 0. The Hall–Kier alpha value is -1.58. The first-order valence-corrected chi connectivity index (χ1v) is 8.55. The van der Waals surface area contributed by atoms with Crippen LogP contribution < -0.4 is 0 Å². The van der Waals surface area contributed by atoms with Gasteiger partial charge in [0, 0.05) is 25.8 Å². The fourth-order valence-corrected chi connectivity index (χ4v) is 3.32. The summed E-state index contributed by atoms with van der Waals surface area (Å²) in [5, 5.41) is 7.12. The van der Waals surface area contributed by atoms with Gasteiger partial charge in [-0.05, 0) is 38.8 Å². The monoisotopic (exact) mass is 379 g/mol. The number of aliphatic carboxylic acids is 1. The van der Waals surface area contributed by atoms with Gasteiger partial charge in [-0.3, -0.25) is 4.90 Å². The van der Waals surface area contributed by atoms with Gasteiger partial charge in [-0.15, -0.1) is 0 Å². The molecule has 148 valence electrons. The van der Waals surface area contributed by atoms with E-state index < -0.39 is 12.1 Å². The molecule has 2 fully saturated rings. The molecule has 2 aliphatic rings. The third kappa shape index (κ3) is 5.46. The molecule has 26 heavy (non-hydrogen) atoms. The van der Waals surface area contributed by atoms with Crippen LogP contribution in [0.5, 0.6) is 0 Å². The van der Waals surface area contributed by atoms with Crippen molar-refractivity contribution in [2.45, 2.75) is 57.7 Å². The fraction of sp³-hybridized carbons (Fsp3) is 0.706. The lowest BCUT2D eigenvalue weighted by atomic mass is 10.0. The maximum Gasteiger partial charge on any atom is 0.490 e. The van der Waals surface area contributed by atoms with Crippen LogP contribution in [0, 0.1) is 6.92 Å².